The lowest BCUT2D eigenvalue weighted by molar-refractivity contribution is 1.19. The lowest BCUT2D eigenvalue weighted by atomic mass is 10.4. The summed E-state index contributed by atoms with van der Waals surface area (Å²) < 4.78 is 0. The topological polar surface area (TPSA) is 115 Å². The monoisotopic (exact) mass is 380 g/mol. The standard InChI is InChI=1S/C16H12N8S2/c1-2-18-13(17-1)15-21-5-9(23-15)11-7-25-8-12(26-11)10-6-22-16(24-10)14-19-3-4-20-14/h1-8H,(H,17,18)(H,19,20)(H,21,23)(H,22,24). The third kappa shape index (κ3) is 2.78. The second-order valence-electron chi connectivity index (χ2n) is 5.37. The Balaban J connectivity index is 1.37. The minimum atomic E-state index is 0.717. The number of hydrogen-bond acceptors (Lipinski definition) is 6. The number of thioether (sulfide) groups is 2. The van der Waals surface area contributed by atoms with Crippen molar-refractivity contribution in [2.75, 3.05) is 0 Å². The van der Waals surface area contributed by atoms with Gasteiger partial charge in [0.2, 0.25) is 0 Å². The highest BCUT2D eigenvalue weighted by Crippen LogP contribution is 2.44. The second kappa shape index (κ2) is 6.39. The summed E-state index contributed by atoms with van der Waals surface area (Å²) in [4.78, 5) is 32.1. The number of aromatic nitrogens is 8. The molecule has 5 rings (SSSR count). The molecule has 0 radical (unpaired) electrons. The molecule has 1 aliphatic heterocycles. The molecular weight excluding hydrogens is 368 g/mol. The number of rotatable bonds is 4. The molecule has 10 heteroatoms. The SMILES string of the molecule is C1=C(c2cnc(-c3ncc[nH]3)[nH]2)SC(c2cnc(-c3ncc[nH]3)[nH]2)=CS1. The molecule has 0 saturated carbocycles. The zero-order chi connectivity index (χ0) is 17.3. The van der Waals surface area contributed by atoms with Gasteiger partial charge in [0.05, 0.1) is 23.8 Å². The van der Waals surface area contributed by atoms with E-state index in [1.807, 2.05) is 12.4 Å². The van der Waals surface area contributed by atoms with E-state index in [1.54, 1.807) is 48.3 Å². The van der Waals surface area contributed by atoms with Crippen LogP contribution < -0.4 is 0 Å². The van der Waals surface area contributed by atoms with Crippen LogP contribution in [0.2, 0.25) is 0 Å². The lowest BCUT2D eigenvalue weighted by Crippen LogP contribution is -1.88. The maximum Gasteiger partial charge on any atom is 0.174 e. The maximum absolute atomic E-state index is 4.40. The predicted molar refractivity (Wildman–Crippen MR) is 103 cm³/mol. The third-order valence-electron chi connectivity index (χ3n) is 3.70. The molecule has 4 aromatic heterocycles. The molecule has 0 fully saturated rings. The fourth-order valence-electron chi connectivity index (χ4n) is 2.48. The van der Waals surface area contributed by atoms with Crippen molar-refractivity contribution in [3.8, 4) is 23.3 Å². The maximum atomic E-state index is 4.40. The van der Waals surface area contributed by atoms with Gasteiger partial charge in [0.25, 0.3) is 0 Å². The fraction of sp³-hybridized carbons (Fsp3) is 0. The predicted octanol–water partition coefficient (Wildman–Crippen LogP) is 3.69. The van der Waals surface area contributed by atoms with Crippen molar-refractivity contribution >= 4 is 33.3 Å². The van der Waals surface area contributed by atoms with Gasteiger partial charge in [-0.3, -0.25) is 0 Å². The van der Waals surface area contributed by atoms with Crippen molar-refractivity contribution in [2.24, 2.45) is 0 Å². The van der Waals surface area contributed by atoms with Crippen molar-refractivity contribution in [3.63, 3.8) is 0 Å². The van der Waals surface area contributed by atoms with Crippen LogP contribution in [0.1, 0.15) is 11.4 Å². The van der Waals surface area contributed by atoms with E-state index in [4.69, 9.17) is 0 Å². The van der Waals surface area contributed by atoms with Gasteiger partial charge in [-0.05, 0) is 10.8 Å². The molecule has 0 bridgehead atoms. The molecule has 5 heterocycles. The summed E-state index contributed by atoms with van der Waals surface area (Å²) in [6.07, 6.45) is 10.6. The minimum absolute atomic E-state index is 0.717. The summed E-state index contributed by atoms with van der Waals surface area (Å²) in [7, 11) is 0. The van der Waals surface area contributed by atoms with E-state index in [9.17, 15) is 0 Å². The summed E-state index contributed by atoms with van der Waals surface area (Å²) in [5.74, 6) is 2.87. The summed E-state index contributed by atoms with van der Waals surface area (Å²) >= 11 is 3.28. The second-order valence-corrected chi connectivity index (χ2v) is 7.20. The average molecular weight is 380 g/mol. The molecule has 0 aromatic carbocycles. The summed E-state index contributed by atoms with van der Waals surface area (Å²) in [5, 5.41) is 4.19. The minimum Gasteiger partial charge on any atom is -0.342 e. The third-order valence-corrected chi connectivity index (χ3v) is 5.86. The largest absolute Gasteiger partial charge is 0.342 e. The van der Waals surface area contributed by atoms with Gasteiger partial charge in [-0.2, -0.15) is 0 Å². The van der Waals surface area contributed by atoms with Gasteiger partial charge >= 0.3 is 0 Å². The first-order chi connectivity index (χ1) is 12.9. The Labute approximate surface area is 156 Å². The Morgan fingerprint density at radius 1 is 0.654 bits per heavy atom. The van der Waals surface area contributed by atoms with Crippen LogP contribution in [0.3, 0.4) is 0 Å². The van der Waals surface area contributed by atoms with Crippen molar-refractivity contribution in [1.82, 2.24) is 39.9 Å². The normalized spacial score (nSPS) is 14.3. The van der Waals surface area contributed by atoms with E-state index in [0.717, 1.165) is 32.8 Å². The number of nitrogens with one attached hydrogen (secondary N) is 4. The zero-order valence-corrected chi connectivity index (χ0v) is 14.9. The van der Waals surface area contributed by atoms with Crippen LogP contribution in [-0.2, 0) is 0 Å². The first-order valence-corrected chi connectivity index (χ1v) is 9.46. The highest BCUT2D eigenvalue weighted by atomic mass is 32.2. The molecule has 8 nitrogen and oxygen atoms in total. The Hall–Kier alpha value is -2.98. The molecule has 4 N–H and O–H groups in total. The first-order valence-electron chi connectivity index (χ1n) is 7.71. The van der Waals surface area contributed by atoms with Crippen molar-refractivity contribution in [2.45, 2.75) is 0 Å². The molecule has 1 aliphatic rings. The van der Waals surface area contributed by atoms with Gasteiger partial charge in [-0.15, -0.1) is 11.8 Å². The van der Waals surface area contributed by atoms with E-state index in [-0.39, 0.29) is 0 Å². The number of imidazole rings is 4. The van der Waals surface area contributed by atoms with Crippen LogP contribution in [0.4, 0.5) is 0 Å². The first kappa shape index (κ1) is 15.3. The molecule has 0 amide bonds. The van der Waals surface area contributed by atoms with Crippen molar-refractivity contribution < 1.29 is 0 Å². The summed E-state index contributed by atoms with van der Waals surface area (Å²) in [5.41, 5.74) is 1.90. The van der Waals surface area contributed by atoms with Crippen molar-refractivity contribution in [3.05, 3.63) is 59.4 Å². The Kier molecular flexibility index (Phi) is 3.76. The average Bonchev–Trinajstić information content (AvgIpc) is 3.49. The Bertz CT molecular complexity index is 999. The van der Waals surface area contributed by atoms with E-state index in [0.29, 0.717) is 11.6 Å². The van der Waals surface area contributed by atoms with Gasteiger partial charge in [-0.25, -0.2) is 19.9 Å². The number of H-pyrrole nitrogens is 4. The van der Waals surface area contributed by atoms with Gasteiger partial charge < -0.3 is 19.9 Å². The fourth-order valence-corrected chi connectivity index (χ4v) is 4.44. The van der Waals surface area contributed by atoms with Gasteiger partial charge in [0.15, 0.2) is 23.3 Å². The van der Waals surface area contributed by atoms with Crippen molar-refractivity contribution in [1.29, 1.82) is 0 Å². The zero-order valence-electron chi connectivity index (χ0n) is 13.2. The highest BCUT2D eigenvalue weighted by Gasteiger charge is 2.17. The molecule has 0 aliphatic carbocycles. The van der Waals surface area contributed by atoms with E-state index < -0.39 is 0 Å². The summed E-state index contributed by atoms with van der Waals surface area (Å²) in [6, 6.07) is 0. The molecule has 4 aromatic rings. The van der Waals surface area contributed by atoms with Crippen LogP contribution in [-0.4, -0.2) is 39.9 Å². The number of nitrogens with zero attached hydrogens (tertiary/aromatic N) is 4. The molecule has 0 atom stereocenters. The molecule has 0 spiro atoms. The lowest BCUT2D eigenvalue weighted by Gasteiger charge is -2.11. The van der Waals surface area contributed by atoms with Gasteiger partial charge in [0, 0.05) is 34.6 Å². The van der Waals surface area contributed by atoms with Gasteiger partial charge in [-0.1, -0.05) is 11.8 Å². The van der Waals surface area contributed by atoms with Gasteiger partial charge in [0.1, 0.15) is 0 Å². The van der Waals surface area contributed by atoms with Crippen LogP contribution >= 0.6 is 23.5 Å². The molecule has 26 heavy (non-hydrogen) atoms. The van der Waals surface area contributed by atoms with E-state index in [1.165, 1.54) is 0 Å². The molecule has 0 unspecified atom stereocenters. The van der Waals surface area contributed by atoms with E-state index >= 15 is 0 Å². The Morgan fingerprint density at radius 2 is 1.19 bits per heavy atom. The Morgan fingerprint density at radius 3 is 1.65 bits per heavy atom. The highest BCUT2D eigenvalue weighted by molar-refractivity contribution is 8.20. The molecule has 0 saturated heterocycles. The van der Waals surface area contributed by atoms with Crippen LogP contribution in [0.25, 0.3) is 33.1 Å². The number of hydrogen-bond donors (Lipinski definition) is 4. The van der Waals surface area contributed by atoms with Crippen LogP contribution in [0.5, 0.6) is 0 Å². The smallest absolute Gasteiger partial charge is 0.174 e. The quantitative estimate of drug-likeness (QED) is 0.429. The summed E-state index contributed by atoms with van der Waals surface area (Å²) in [6.45, 7) is 0. The van der Waals surface area contributed by atoms with Crippen LogP contribution in [0, 0.1) is 0 Å². The molecular formula is C16H12N8S2. The number of aromatic amines is 4. The van der Waals surface area contributed by atoms with E-state index in [2.05, 4.69) is 50.7 Å². The van der Waals surface area contributed by atoms with Crippen LogP contribution in [0.15, 0.2) is 48.0 Å². The molecule has 128 valence electrons.